The largest absolute Gasteiger partial charge is 0.354 e. The van der Waals surface area contributed by atoms with E-state index in [1.807, 2.05) is 79.6 Å². The molecule has 0 saturated carbocycles. The first-order valence-electron chi connectivity index (χ1n) is 31.5. The van der Waals surface area contributed by atoms with Crippen LogP contribution < -0.4 is 47.9 Å². The van der Waals surface area contributed by atoms with Gasteiger partial charge in [0.2, 0.25) is 59.1 Å². The molecule has 0 aromatic heterocycles. The molecule has 21 heteroatoms. The molecule has 1 heterocycles. The summed E-state index contributed by atoms with van der Waals surface area (Å²) in [7, 11) is 3.80. The van der Waals surface area contributed by atoms with Crippen LogP contribution in [0.15, 0.2) is 24.3 Å². The molecule has 1 aromatic rings. The predicted octanol–water partition coefficient (Wildman–Crippen LogP) is 4.87. The predicted molar refractivity (Wildman–Crippen MR) is 331 cm³/mol. The summed E-state index contributed by atoms with van der Waals surface area (Å²) in [5, 5.41) is 25.4. The smallest absolute Gasteiger partial charge is 0.246 e. The highest BCUT2D eigenvalue weighted by Crippen LogP contribution is 2.30. The van der Waals surface area contributed by atoms with Gasteiger partial charge < -0.3 is 57.7 Å². The summed E-state index contributed by atoms with van der Waals surface area (Å²) in [6.45, 7) is 25.3. The molecular formula is C64H109N11O10. The van der Waals surface area contributed by atoms with E-state index in [1.54, 1.807) is 4.90 Å². The summed E-state index contributed by atoms with van der Waals surface area (Å²) >= 11 is 0. The molecule has 1 aromatic carbocycles. The van der Waals surface area contributed by atoms with Gasteiger partial charge in [-0.05, 0) is 149 Å². The number of hydrogen-bond donors (Lipinski definition) is 9. The van der Waals surface area contributed by atoms with Gasteiger partial charge in [-0.3, -0.25) is 47.9 Å². The molecule has 2 aliphatic rings. The van der Waals surface area contributed by atoms with Crippen LogP contribution in [0.5, 0.6) is 0 Å². The number of carbonyl (C=O) groups is 10. The molecular weight excluding hydrogens is 1080 g/mol. The van der Waals surface area contributed by atoms with Crippen LogP contribution >= 0.6 is 0 Å². The van der Waals surface area contributed by atoms with E-state index in [0.29, 0.717) is 51.6 Å². The molecule has 1 fully saturated rings. The summed E-state index contributed by atoms with van der Waals surface area (Å²) in [6.07, 6.45) is 9.80. The van der Waals surface area contributed by atoms with E-state index in [4.69, 9.17) is 0 Å². The summed E-state index contributed by atoms with van der Waals surface area (Å²) in [5.41, 5.74) is -2.26. The zero-order chi connectivity index (χ0) is 64.0. The fourth-order valence-corrected chi connectivity index (χ4v) is 11.0. The average molecular weight is 1190 g/mol. The van der Waals surface area contributed by atoms with E-state index in [9.17, 15) is 47.9 Å². The number of likely N-dealkylation sites (tertiary alicyclic amines) is 1. The third-order valence-electron chi connectivity index (χ3n) is 15.7. The first-order chi connectivity index (χ1) is 39.7. The number of hydrogen-bond acceptors (Lipinski definition) is 11. The lowest BCUT2D eigenvalue weighted by molar-refractivity contribution is -0.142. The van der Waals surface area contributed by atoms with Crippen molar-refractivity contribution < 1.29 is 47.9 Å². The third kappa shape index (κ3) is 24.6. The maximum Gasteiger partial charge on any atom is 0.246 e. The number of nitrogens with zero attached hydrogens (tertiary/aromatic N) is 2. The molecule has 10 amide bonds. The SMILES string of the molecule is CCCCCCCC[C@H](NC(=O)[C@@H]1CCCN1C(=O)[C@@H]1CCc2ccccc2C1)C(=O)N[C@@H](CC(C)C)C(=O)NC(C)(C)C(=O)N[C@@H](CC(C)C)C(=O)N[C@@H](CC(C)C)C(=O)NC(C)(C)C(=O)NC(C)(C)C(=O)NCCC(=O)N[C@@H](C)CN(C)C. The van der Waals surface area contributed by atoms with Gasteiger partial charge in [-0.2, -0.15) is 0 Å². The van der Waals surface area contributed by atoms with Crippen molar-refractivity contribution in [2.24, 2.45) is 23.7 Å². The van der Waals surface area contributed by atoms with Gasteiger partial charge in [0.25, 0.3) is 0 Å². The maximum atomic E-state index is 14.5. The van der Waals surface area contributed by atoms with Crippen LogP contribution in [0.2, 0.25) is 0 Å². The number of fused-ring (bicyclic) bond motifs is 1. The second-order valence-corrected chi connectivity index (χ2v) is 27.1. The Morgan fingerprint density at radius 2 is 1.08 bits per heavy atom. The molecule has 9 N–H and O–H groups in total. The number of carbonyl (C=O) groups excluding carboxylic acids is 10. The van der Waals surface area contributed by atoms with Crippen LogP contribution in [-0.4, -0.2) is 155 Å². The highest BCUT2D eigenvalue weighted by Gasteiger charge is 2.42. The topological polar surface area (TPSA) is 285 Å². The first kappa shape index (κ1) is 73.1. The Morgan fingerprint density at radius 1 is 0.576 bits per heavy atom. The van der Waals surface area contributed by atoms with Gasteiger partial charge in [0.05, 0.1) is 0 Å². The third-order valence-corrected chi connectivity index (χ3v) is 15.7. The Kier molecular flexibility index (Phi) is 29.5. The van der Waals surface area contributed by atoms with Crippen molar-refractivity contribution in [1.29, 1.82) is 0 Å². The van der Waals surface area contributed by atoms with Crippen LogP contribution in [0.3, 0.4) is 0 Å². The van der Waals surface area contributed by atoms with E-state index >= 15 is 0 Å². The molecule has 3 rings (SSSR count). The molecule has 7 atom stereocenters. The molecule has 85 heavy (non-hydrogen) atoms. The van der Waals surface area contributed by atoms with Gasteiger partial charge in [-0.25, -0.2) is 0 Å². The van der Waals surface area contributed by atoms with Gasteiger partial charge >= 0.3 is 0 Å². The van der Waals surface area contributed by atoms with Crippen LogP contribution in [0.4, 0.5) is 0 Å². The van der Waals surface area contributed by atoms with Gasteiger partial charge in [0.1, 0.15) is 46.8 Å². The summed E-state index contributed by atoms with van der Waals surface area (Å²) in [5.74, 6) is -5.70. The van der Waals surface area contributed by atoms with Crippen molar-refractivity contribution in [1.82, 2.24) is 57.7 Å². The second-order valence-electron chi connectivity index (χ2n) is 27.1. The van der Waals surface area contributed by atoms with Crippen LogP contribution in [0.25, 0.3) is 0 Å². The Hall–Kier alpha value is -6.12. The van der Waals surface area contributed by atoms with Crippen molar-refractivity contribution in [3.05, 3.63) is 35.4 Å². The van der Waals surface area contributed by atoms with E-state index in [1.165, 1.54) is 47.1 Å². The Labute approximate surface area is 508 Å². The van der Waals surface area contributed by atoms with E-state index < -0.39 is 94.1 Å². The Morgan fingerprint density at radius 3 is 1.64 bits per heavy atom. The summed E-state index contributed by atoms with van der Waals surface area (Å²) in [4.78, 5) is 143. The molecule has 1 aliphatic carbocycles. The van der Waals surface area contributed by atoms with Crippen LogP contribution in [0, 0.1) is 23.7 Å². The van der Waals surface area contributed by atoms with Gasteiger partial charge in [-0.15, -0.1) is 0 Å². The minimum atomic E-state index is -1.63. The van der Waals surface area contributed by atoms with Gasteiger partial charge in [0, 0.05) is 38.0 Å². The minimum Gasteiger partial charge on any atom is -0.354 e. The normalized spacial score (nSPS) is 17.2. The number of nitrogens with one attached hydrogen (secondary N) is 9. The lowest BCUT2D eigenvalue weighted by Crippen LogP contribution is -2.65. The van der Waals surface area contributed by atoms with Gasteiger partial charge in [0.15, 0.2) is 0 Å². The zero-order valence-electron chi connectivity index (χ0n) is 54.5. The number of benzene rings is 1. The average Bonchev–Trinajstić information content (AvgIpc) is 4.20. The van der Waals surface area contributed by atoms with Crippen LogP contribution in [-0.2, 0) is 60.8 Å². The zero-order valence-corrected chi connectivity index (χ0v) is 54.5. The van der Waals surface area contributed by atoms with E-state index in [0.717, 1.165) is 44.1 Å². The lowest BCUT2D eigenvalue weighted by Gasteiger charge is -2.34. The summed E-state index contributed by atoms with van der Waals surface area (Å²) < 4.78 is 0. The van der Waals surface area contributed by atoms with Gasteiger partial charge in [-0.1, -0.05) is 111 Å². The fourth-order valence-electron chi connectivity index (χ4n) is 11.0. The van der Waals surface area contributed by atoms with E-state index in [-0.39, 0.29) is 73.8 Å². The summed E-state index contributed by atoms with van der Waals surface area (Å²) in [6, 6.07) is 2.88. The first-order valence-corrected chi connectivity index (χ1v) is 31.5. The number of unbranched alkanes of at least 4 members (excludes halogenated alkanes) is 5. The van der Waals surface area contributed by atoms with E-state index in [2.05, 4.69) is 66.9 Å². The molecule has 0 radical (unpaired) electrons. The van der Waals surface area contributed by atoms with Crippen molar-refractivity contribution in [2.75, 3.05) is 33.7 Å². The molecule has 480 valence electrons. The minimum absolute atomic E-state index is 0.0299. The Bertz CT molecular complexity index is 2420. The monoisotopic (exact) mass is 1190 g/mol. The quantitative estimate of drug-likeness (QED) is 0.0414. The number of aryl methyl sites for hydroxylation is 1. The highest BCUT2D eigenvalue weighted by molar-refractivity contribution is 6.00. The molecule has 0 bridgehead atoms. The highest BCUT2D eigenvalue weighted by atomic mass is 16.2. The lowest BCUT2D eigenvalue weighted by atomic mass is 9.83. The van der Waals surface area contributed by atoms with Crippen molar-refractivity contribution >= 4 is 59.1 Å². The fraction of sp³-hybridized carbons (Fsp3) is 0.750. The number of rotatable bonds is 35. The molecule has 21 nitrogen and oxygen atoms in total. The molecule has 1 aliphatic heterocycles. The Balaban J connectivity index is 1.73. The molecule has 1 saturated heterocycles. The number of likely N-dealkylation sites (N-methyl/N-ethyl adjacent to an activating group) is 1. The van der Waals surface area contributed by atoms with Crippen molar-refractivity contribution in [3.8, 4) is 0 Å². The van der Waals surface area contributed by atoms with Crippen molar-refractivity contribution in [3.63, 3.8) is 0 Å². The van der Waals surface area contributed by atoms with Crippen molar-refractivity contribution in [2.45, 2.75) is 253 Å². The second kappa shape index (κ2) is 34.3. The standard InChI is InChI=1S/C64H109N11O10/c1-17-18-19-20-21-22-28-47(67-57(81)51-29-25-34-75(51)58(82)46-31-30-44-26-23-24-27-45(44)38-46)53(77)68-49(36-41(4)5)55(79)71-63(11,12)60(84)70-48(35-40(2)3)54(78)69-50(37-42(6)7)56(80)72-64(13,14)61(85)73-62(9,10)59(83)65-33-32-52(76)66-43(8)39-74(15)16/h23-24,26-27,40-43,46-51H,17-22,25,28-39H2,1-16H3,(H,65,83)(H,66,76)(H,67,81)(H,68,77)(H,69,78)(H,70,84)(H,71,79)(H,72,80)(H,73,85)/t43-,46+,47-,48-,49-,50-,51-/m0/s1. The van der Waals surface area contributed by atoms with Crippen LogP contribution in [0.1, 0.15) is 198 Å². The molecule has 0 unspecified atom stereocenters. The maximum absolute atomic E-state index is 14.5. The molecule has 0 spiro atoms. The number of amides is 10.